The molecule has 1 saturated heterocycles. The van der Waals surface area contributed by atoms with Crippen molar-refractivity contribution in [1.29, 1.82) is 0 Å². The standard InChI is InChI=1S/C18H18N4S/c23-18(22-10-2-1-3-11-22)21-15-12-13-6-4-8-19-16(13)17-14(15)7-5-9-20-17/h4-9,12H,1-3,10-11H2,(H,21,23). The van der Waals surface area contributed by atoms with E-state index in [0.29, 0.717) is 0 Å². The third-order valence-corrected chi connectivity index (χ3v) is 4.71. The van der Waals surface area contributed by atoms with Crippen LogP contribution in [0.4, 0.5) is 5.69 Å². The van der Waals surface area contributed by atoms with Crippen molar-refractivity contribution in [3.8, 4) is 0 Å². The highest BCUT2D eigenvalue weighted by Crippen LogP contribution is 2.29. The van der Waals surface area contributed by atoms with Crippen LogP contribution in [-0.4, -0.2) is 33.1 Å². The van der Waals surface area contributed by atoms with Gasteiger partial charge in [-0.05, 0) is 55.7 Å². The molecule has 1 fully saturated rings. The molecule has 116 valence electrons. The number of hydrogen-bond donors (Lipinski definition) is 1. The molecule has 0 atom stereocenters. The fourth-order valence-electron chi connectivity index (χ4n) is 3.17. The molecule has 4 nitrogen and oxygen atoms in total. The minimum atomic E-state index is 0.804. The predicted molar refractivity (Wildman–Crippen MR) is 98.7 cm³/mol. The van der Waals surface area contributed by atoms with Crippen molar-refractivity contribution in [2.24, 2.45) is 0 Å². The third-order valence-electron chi connectivity index (χ3n) is 4.35. The first-order valence-corrected chi connectivity index (χ1v) is 8.42. The van der Waals surface area contributed by atoms with Crippen LogP contribution in [-0.2, 0) is 0 Å². The van der Waals surface area contributed by atoms with Gasteiger partial charge in [0, 0.05) is 36.3 Å². The molecule has 0 aliphatic carbocycles. The van der Waals surface area contributed by atoms with Crippen molar-refractivity contribution >= 4 is 44.8 Å². The maximum atomic E-state index is 5.62. The normalized spacial score (nSPS) is 15.0. The smallest absolute Gasteiger partial charge is 0.173 e. The molecule has 0 radical (unpaired) electrons. The fourth-order valence-corrected chi connectivity index (χ4v) is 3.46. The van der Waals surface area contributed by atoms with Gasteiger partial charge in [-0.1, -0.05) is 6.07 Å². The van der Waals surface area contributed by atoms with Crippen LogP contribution in [0.2, 0.25) is 0 Å². The average Bonchev–Trinajstić information content (AvgIpc) is 2.62. The van der Waals surface area contributed by atoms with Gasteiger partial charge in [-0.3, -0.25) is 9.97 Å². The van der Waals surface area contributed by atoms with E-state index in [4.69, 9.17) is 12.2 Å². The Morgan fingerprint density at radius 3 is 2.57 bits per heavy atom. The van der Waals surface area contributed by atoms with Crippen molar-refractivity contribution in [3.05, 3.63) is 42.7 Å². The van der Waals surface area contributed by atoms with E-state index < -0.39 is 0 Å². The molecule has 0 amide bonds. The third kappa shape index (κ3) is 2.72. The Balaban J connectivity index is 1.77. The summed E-state index contributed by atoms with van der Waals surface area (Å²) in [4.78, 5) is 11.3. The van der Waals surface area contributed by atoms with Gasteiger partial charge in [-0.15, -0.1) is 0 Å². The van der Waals surface area contributed by atoms with Crippen molar-refractivity contribution in [2.45, 2.75) is 19.3 Å². The molecule has 1 N–H and O–H groups in total. The van der Waals surface area contributed by atoms with Crippen molar-refractivity contribution in [1.82, 2.24) is 14.9 Å². The molecule has 1 aliphatic heterocycles. The molecule has 0 bridgehead atoms. The van der Waals surface area contributed by atoms with Crippen LogP contribution < -0.4 is 5.32 Å². The van der Waals surface area contributed by atoms with E-state index in [1.165, 1.54) is 19.3 Å². The Morgan fingerprint density at radius 1 is 1.00 bits per heavy atom. The highest BCUT2D eigenvalue weighted by Gasteiger charge is 2.15. The second-order valence-corrected chi connectivity index (χ2v) is 6.26. The largest absolute Gasteiger partial charge is 0.349 e. The van der Waals surface area contributed by atoms with Gasteiger partial charge in [0.05, 0.1) is 16.7 Å². The molecular formula is C18H18N4S. The zero-order valence-electron chi connectivity index (χ0n) is 12.8. The minimum absolute atomic E-state index is 0.804. The van der Waals surface area contributed by atoms with Gasteiger partial charge in [0.1, 0.15) is 0 Å². The molecule has 0 spiro atoms. The van der Waals surface area contributed by atoms with Gasteiger partial charge in [0.15, 0.2) is 5.11 Å². The summed E-state index contributed by atoms with van der Waals surface area (Å²) in [6, 6.07) is 10.1. The number of fused-ring (bicyclic) bond motifs is 3. The van der Waals surface area contributed by atoms with Gasteiger partial charge in [0.25, 0.3) is 0 Å². The van der Waals surface area contributed by atoms with Crippen LogP contribution in [0.3, 0.4) is 0 Å². The topological polar surface area (TPSA) is 41.1 Å². The van der Waals surface area contributed by atoms with Gasteiger partial charge in [-0.2, -0.15) is 0 Å². The summed E-state index contributed by atoms with van der Waals surface area (Å²) in [7, 11) is 0. The lowest BCUT2D eigenvalue weighted by atomic mass is 10.1. The first-order valence-electron chi connectivity index (χ1n) is 8.01. The zero-order valence-corrected chi connectivity index (χ0v) is 13.6. The van der Waals surface area contributed by atoms with Crippen molar-refractivity contribution in [2.75, 3.05) is 18.4 Å². The number of piperidine rings is 1. The Labute approximate surface area is 140 Å². The second-order valence-electron chi connectivity index (χ2n) is 5.88. The quantitative estimate of drug-likeness (QED) is 0.542. The van der Waals surface area contributed by atoms with E-state index in [-0.39, 0.29) is 0 Å². The number of pyridine rings is 2. The zero-order chi connectivity index (χ0) is 15.6. The summed E-state index contributed by atoms with van der Waals surface area (Å²) in [6.45, 7) is 2.08. The lowest BCUT2D eigenvalue weighted by molar-refractivity contribution is 0.346. The number of nitrogens with zero attached hydrogens (tertiary/aromatic N) is 3. The first-order chi connectivity index (χ1) is 11.3. The lowest BCUT2D eigenvalue weighted by Crippen LogP contribution is -2.38. The summed E-state index contributed by atoms with van der Waals surface area (Å²) in [5, 5.41) is 6.37. The van der Waals surface area contributed by atoms with Gasteiger partial charge in [0.2, 0.25) is 0 Å². The van der Waals surface area contributed by atoms with E-state index in [1.807, 2.05) is 24.5 Å². The predicted octanol–water partition coefficient (Wildman–Crippen LogP) is 3.97. The van der Waals surface area contributed by atoms with Crippen molar-refractivity contribution in [3.63, 3.8) is 0 Å². The lowest BCUT2D eigenvalue weighted by Gasteiger charge is -2.29. The van der Waals surface area contributed by atoms with E-state index in [9.17, 15) is 0 Å². The Morgan fingerprint density at radius 2 is 1.74 bits per heavy atom. The van der Waals surface area contributed by atoms with Crippen molar-refractivity contribution < 1.29 is 0 Å². The van der Waals surface area contributed by atoms with E-state index in [0.717, 1.165) is 45.7 Å². The number of rotatable bonds is 1. The summed E-state index contributed by atoms with van der Waals surface area (Å²) in [6.07, 6.45) is 7.34. The summed E-state index contributed by atoms with van der Waals surface area (Å²) in [5.41, 5.74) is 2.84. The highest BCUT2D eigenvalue weighted by atomic mass is 32.1. The van der Waals surface area contributed by atoms with Crippen LogP contribution in [0.5, 0.6) is 0 Å². The number of thiocarbonyl (C=S) groups is 1. The van der Waals surface area contributed by atoms with Crippen LogP contribution >= 0.6 is 12.2 Å². The summed E-state index contributed by atoms with van der Waals surface area (Å²) in [5.74, 6) is 0. The molecule has 4 rings (SSSR count). The molecule has 0 unspecified atom stereocenters. The van der Waals surface area contributed by atoms with Gasteiger partial charge >= 0.3 is 0 Å². The van der Waals surface area contributed by atoms with Gasteiger partial charge in [-0.25, -0.2) is 0 Å². The number of hydrogen-bond acceptors (Lipinski definition) is 3. The maximum Gasteiger partial charge on any atom is 0.173 e. The van der Waals surface area contributed by atoms with Crippen LogP contribution in [0.25, 0.3) is 21.8 Å². The van der Waals surface area contributed by atoms with E-state index in [2.05, 4.69) is 38.4 Å². The number of aromatic nitrogens is 2. The molecule has 23 heavy (non-hydrogen) atoms. The molecule has 1 aliphatic rings. The molecule has 1 aromatic carbocycles. The number of likely N-dealkylation sites (tertiary alicyclic amines) is 1. The number of anilines is 1. The second kappa shape index (κ2) is 6.08. The van der Waals surface area contributed by atoms with Crippen LogP contribution in [0.1, 0.15) is 19.3 Å². The molecule has 5 heteroatoms. The summed E-state index contributed by atoms with van der Waals surface area (Å²) >= 11 is 5.62. The highest BCUT2D eigenvalue weighted by molar-refractivity contribution is 7.80. The Kier molecular flexibility index (Phi) is 3.79. The fraction of sp³-hybridized carbons (Fsp3) is 0.278. The van der Waals surface area contributed by atoms with Crippen LogP contribution in [0.15, 0.2) is 42.7 Å². The molecule has 3 aromatic rings. The monoisotopic (exact) mass is 322 g/mol. The average molecular weight is 322 g/mol. The molecule has 2 aromatic heterocycles. The number of benzene rings is 1. The summed E-state index contributed by atoms with van der Waals surface area (Å²) < 4.78 is 0. The Hall–Kier alpha value is -2.27. The first kappa shape index (κ1) is 14.3. The Bertz CT molecular complexity index is 871. The van der Waals surface area contributed by atoms with E-state index in [1.54, 1.807) is 0 Å². The van der Waals surface area contributed by atoms with Crippen LogP contribution in [0, 0.1) is 0 Å². The van der Waals surface area contributed by atoms with Gasteiger partial charge < -0.3 is 10.2 Å². The molecular weight excluding hydrogens is 304 g/mol. The number of nitrogens with one attached hydrogen (secondary N) is 1. The molecule has 3 heterocycles. The SMILES string of the molecule is S=C(Nc1cc2cccnc2c2ncccc12)N1CCCCC1. The minimum Gasteiger partial charge on any atom is -0.349 e. The maximum absolute atomic E-state index is 5.62. The molecule has 0 saturated carbocycles. The van der Waals surface area contributed by atoms with E-state index >= 15 is 0 Å².